The molecular formula is C31H31N3O6. The normalized spacial score (nSPS) is 13.3. The van der Waals surface area contributed by atoms with Crippen LogP contribution in [0.2, 0.25) is 0 Å². The van der Waals surface area contributed by atoms with Gasteiger partial charge in [0.15, 0.2) is 0 Å². The molecule has 0 spiro atoms. The summed E-state index contributed by atoms with van der Waals surface area (Å²) >= 11 is 0. The number of carbonyl (C=O) groups is 3. The van der Waals surface area contributed by atoms with Crippen LogP contribution in [-0.2, 0) is 25.4 Å². The van der Waals surface area contributed by atoms with Gasteiger partial charge in [-0.25, -0.2) is 23.9 Å². The molecule has 1 aliphatic rings. The first-order valence-electron chi connectivity index (χ1n) is 13.0. The molecule has 1 N–H and O–H groups in total. The second kappa shape index (κ2) is 10.8. The molecule has 0 radical (unpaired) electrons. The monoisotopic (exact) mass is 541 g/mol. The maximum atomic E-state index is 12.9. The summed E-state index contributed by atoms with van der Waals surface area (Å²) in [5.74, 6) is -0.761. The summed E-state index contributed by atoms with van der Waals surface area (Å²) in [5, 5.41) is 3.30. The lowest BCUT2D eigenvalue weighted by Gasteiger charge is -2.19. The third-order valence-corrected chi connectivity index (χ3v) is 6.78. The Labute approximate surface area is 232 Å². The van der Waals surface area contributed by atoms with Crippen LogP contribution in [-0.4, -0.2) is 53.1 Å². The molecule has 2 aromatic carbocycles. The SMILES string of the molecule is COC(=O)C(Cc1cn(C(=O)OC(C)(C)C)c2ncccc12)NC(=O)OCC1c2ccccc2-c2ccccc21. The number of nitrogens with one attached hydrogen (secondary N) is 1. The highest BCUT2D eigenvalue weighted by Crippen LogP contribution is 2.44. The van der Waals surface area contributed by atoms with E-state index < -0.39 is 29.8 Å². The highest BCUT2D eigenvalue weighted by atomic mass is 16.6. The van der Waals surface area contributed by atoms with Gasteiger partial charge in [0.2, 0.25) is 0 Å². The van der Waals surface area contributed by atoms with Gasteiger partial charge in [0.25, 0.3) is 0 Å². The number of esters is 1. The first kappa shape index (κ1) is 26.9. The Morgan fingerprint density at radius 3 is 2.25 bits per heavy atom. The van der Waals surface area contributed by atoms with Crippen LogP contribution >= 0.6 is 0 Å². The molecule has 0 saturated heterocycles. The van der Waals surface area contributed by atoms with E-state index in [4.69, 9.17) is 14.2 Å². The molecule has 40 heavy (non-hydrogen) atoms. The van der Waals surface area contributed by atoms with Crippen molar-refractivity contribution in [1.82, 2.24) is 14.9 Å². The van der Waals surface area contributed by atoms with Gasteiger partial charge in [-0.1, -0.05) is 48.5 Å². The van der Waals surface area contributed by atoms with Crippen LogP contribution in [0.4, 0.5) is 9.59 Å². The average molecular weight is 542 g/mol. The summed E-state index contributed by atoms with van der Waals surface area (Å²) < 4.78 is 17.4. The minimum atomic E-state index is -1.06. The fourth-order valence-corrected chi connectivity index (χ4v) is 5.08. The van der Waals surface area contributed by atoms with Gasteiger partial charge in [0.05, 0.1) is 7.11 Å². The number of aromatic nitrogens is 2. The van der Waals surface area contributed by atoms with Crippen LogP contribution < -0.4 is 5.32 Å². The third-order valence-electron chi connectivity index (χ3n) is 6.78. The van der Waals surface area contributed by atoms with Crippen LogP contribution in [0.3, 0.4) is 0 Å². The lowest BCUT2D eigenvalue weighted by atomic mass is 9.98. The number of hydrogen-bond donors (Lipinski definition) is 1. The summed E-state index contributed by atoms with van der Waals surface area (Å²) in [4.78, 5) is 42.8. The summed E-state index contributed by atoms with van der Waals surface area (Å²) in [6.07, 6.45) is 1.85. The van der Waals surface area contributed by atoms with E-state index in [0.717, 1.165) is 22.3 Å². The molecule has 0 fully saturated rings. The van der Waals surface area contributed by atoms with Gasteiger partial charge in [-0.2, -0.15) is 0 Å². The second-order valence-electron chi connectivity index (χ2n) is 10.6. The zero-order valence-electron chi connectivity index (χ0n) is 22.8. The minimum absolute atomic E-state index is 0.0505. The van der Waals surface area contributed by atoms with Crippen molar-refractivity contribution in [3.8, 4) is 11.1 Å². The Morgan fingerprint density at radius 1 is 0.975 bits per heavy atom. The van der Waals surface area contributed by atoms with Crippen molar-refractivity contribution >= 4 is 29.2 Å². The third kappa shape index (κ3) is 5.40. The Bertz CT molecular complexity index is 1540. The number of ether oxygens (including phenoxy) is 3. The minimum Gasteiger partial charge on any atom is -0.467 e. The maximum absolute atomic E-state index is 12.9. The van der Waals surface area contributed by atoms with Crippen LogP contribution in [0.1, 0.15) is 43.4 Å². The average Bonchev–Trinajstić information content (AvgIpc) is 3.46. The van der Waals surface area contributed by atoms with E-state index in [1.807, 2.05) is 36.4 Å². The van der Waals surface area contributed by atoms with Gasteiger partial charge in [0.1, 0.15) is 23.9 Å². The van der Waals surface area contributed by atoms with E-state index in [0.29, 0.717) is 16.6 Å². The number of alkyl carbamates (subject to hydrolysis) is 1. The number of amides is 1. The Hall–Kier alpha value is -4.66. The van der Waals surface area contributed by atoms with Crippen molar-refractivity contribution in [2.75, 3.05) is 13.7 Å². The molecule has 0 aliphatic heterocycles. The topological polar surface area (TPSA) is 109 Å². The highest BCUT2D eigenvalue weighted by Gasteiger charge is 2.31. The van der Waals surface area contributed by atoms with E-state index >= 15 is 0 Å². The van der Waals surface area contributed by atoms with Crippen molar-refractivity contribution < 1.29 is 28.6 Å². The zero-order chi connectivity index (χ0) is 28.4. The number of nitrogens with zero attached hydrogens (tertiary/aromatic N) is 2. The van der Waals surface area contributed by atoms with Gasteiger partial charge < -0.3 is 19.5 Å². The molecule has 9 nitrogen and oxygen atoms in total. The van der Waals surface area contributed by atoms with Crippen molar-refractivity contribution in [3.63, 3.8) is 0 Å². The summed E-state index contributed by atoms with van der Waals surface area (Å²) in [6.45, 7) is 5.43. The number of hydrogen-bond acceptors (Lipinski definition) is 7. The molecule has 206 valence electrons. The molecule has 1 aliphatic carbocycles. The van der Waals surface area contributed by atoms with Crippen LogP contribution in [0.5, 0.6) is 0 Å². The van der Waals surface area contributed by atoms with Crippen LogP contribution in [0.25, 0.3) is 22.2 Å². The van der Waals surface area contributed by atoms with Gasteiger partial charge in [-0.15, -0.1) is 0 Å². The lowest BCUT2D eigenvalue weighted by molar-refractivity contribution is -0.142. The Kier molecular flexibility index (Phi) is 7.30. The second-order valence-corrected chi connectivity index (χ2v) is 10.6. The number of benzene rings is 2. The van der Waals surface area contributed by atoms with Gasteiger partial charge >= 0.3 is 18.2 Å². The van der Waals surface area contributed by atoms with E-state index in [1.54, 1.807) is 45.3 Å². The predicted octanol–water partition coefficient (Wildman–Crippen LogP) is 5.44. The largest absolute Gasteiger partial charge is 0.467 e. The molecule has 1 unspecified atom stereocenters. The molecule has 2 heterocycles. The smallest absolute Gasteiger partial charge is 0.420 e. The summed E-state index contributed by atoms with van der Waals surface area (Å²) in [7, 11) is 1.25. The van der Waals surface area contributed by atoms with Crippen molar-refractivity contribution in [3.05, 3.63) is 89.7 Å². The van der Waals surface area contributed by atoms with E-state index in [9.17, 15) is 14.4 Å². The standard InChI is InChI=1S/C31H31N3O6/c1-31(2,3)40-30(37)34-17-19(20-14-9-15-32-27(20)34)16-26(28(35)38-4)33-29(36)39-18-25-23-12-7-5-10-21(23)22-11-6-8-13-24(22)25/h5-15,17,25-26H,16,18H2,1-4H3,(H,33,36). The molecule has 4 aromatic rings. The molecule has 0 saturated carbocycles. The molecule has 2 aromatic heterocycles. The van der Waals surface area contributed by atoms with Gasteiger partial charge in [0, 0.05) is 30.1 Å². The number of carbonyl (C=O) groups excluding carboxylic acids is 3. The fraction of sp³-hybridized carbons (Fsp3) is 0.290. The summed E-state index contributed by atoms with van der Waals surface area (Å²) in [5.41, 5.74) is 4.71. The molecular weight excluding hydrogens is 510 g/mol. The number of rotatable bonds is 6. The van der Waals surface area contributed by atoms with Crippen LogP contribution in [0, 0.1) is 0 Å². The lowest BCUT2D eigenvalue weighted by Crippen LogP contribution is -2.43. The van der Waals surface area contributed by atoms with E-state index in [2.05, 4.69) is 22.4 Å². The highest BCUT2D eigenvalue weighted by molar-refractivity contribution is 5.90. The molecule has 5 rings (SSSR count). The molecule has 1 amide bonds. The number of methoxy groups -OCH3 is 1. The fourth-order valence-electron chi connectivity index (χ4n) is 5.08. The van der Waals surface area contributed by atoms with E-state index in [-0.39, 0.29) is 18.9 Å². The Balaban J connectivity index is 1.33. The van der Waals surface area contributed by atoms with Gasteiger partial charge in [-0.3, -0.25) is 0 Å². The Morgan fingerprint density at radius 2 is 1.62 bits per heavy atom. The van der Waals surface area contributed by atoms with Crippen molar-refractivity contribution in [1.29, 1.82) is 0 Å². The van der Waals surface area contributed by atoms with Gasteiger partial charge in [-0.05, 0) is 60.7 Å². The van der Waals surface area contributed by atoms with Crippen molar-refractivity contribution in [2.24, 2.45) is 0 Å². The van der Waals surface area contributed by atoms with E-state index in [1.165, 1.54) is 11.7 Å². The van der Waals surface area contributed by atoms with Crippen LogP contribution in [0.15, 0.2) is 73.1 Å². The summed E-state index contributed by atoms with van der Waals surface area (Å²) in [6, 6.07) is 18.6. The first-order valence-corrected chi connectivity index (χ1v) is 13.0. The molecule has 1 atom stereocenters. The molecule has 9 heteroatoms. The number of pyridine rings is 1. The molecule has 0 bridgehead atoms. The van der Waals surface area contributed by atoms with Crippen molar-refractivity contribution in [2.45, 2.75) is 44.8 Å². The zero-order valence-corrected chi connectivity index (χ0v) is 22.8. The number of fused-ring (bicyclic) bond motifs is 4. The predicted molar refractivity (Wildman–Crippen MR) is 149 cm³/mol. The quantitative estimate of drug-likeness (QED) is 0.256. The first-order chi connectivity index (χ1) is 19.2. The maximum Gasteiger partial charge on any atom is 0.420 e.